The third-order valence-corrected chi connectivity index (χ3v) is 5.16. The van der Waals surface area contributed by atoms with Crippen molar-refractivity contribution in [3.05, 3.63) is 89.0 Å². The molecule has 0 radical (unpaired) electrons. The smallest absolute Gasteiger partial charge is 0.416 e. The van der Waals surface area contributed by atoms with Crippen molar-refractivity contribution in [2.24, 2.45) is 0 Å². The Bertz CT molecular complexity index is 1100. The van der Waals surface area contributed by atoms with Gasteiger partial charge in [0, 0.05) is 12.0 Å². The quantitative estimate of drug-likeness (QED) is 0.250. The van der Waals surface area contributed by atoms with Gasteiger partial charge in [0.1, 0.15) is 12.0 Å². The first kappa shape index (κ1) is 24.2. The lowest BCUT2D eigenvalue weighted by molar-refractivity contribution is -0.137. The van der Waals surface area contributed by atoms with Gasteiger partial charge in [0.2, 0.25) is 0 Å². The zero-order valence-corrected chi connectivity index (χ0v) is 17.9. The minimum atomic E-state index is -4.65. The van der Waals surface area contributed by atoms with Crippen LogP contribution in [0.5, 0.6) is 5.75 Å². The summed E-state index contributed by atoms with van der Waals surface area (Å²) in [6.45, 7) is 2.11. The fraction of sp³-hybridized carbons (Fsp3) is 0.231. The second kappa shape index (κ2) is 10.4. The van der Waals surface area contributed by atoms with Gasteiger partial charge in [0.05, 0.1) is 17.2 Å². The van der Waals surface area contributed by atoms with Crippen molar-refractivity contribution in [2.75, 3.05) is 0 Å². The topological polar surface area (TPSA) is 63.6 Å². The van der Waals surface area contributed by atoms with Crippen molar-refractivity contribution in [1.29, 1.82) is 0 Å². The first-order valence-electron chi connectivity index (χ1n) is 10.5. The fourth-order valence-corrected chi connectivity index (χ4v) is 3.41. The van der Waals surface area contributed by atoms with E-state index in [1.165, 1.54) is 5.56 Å². The molecule has 1 N–H and O–H groups in total. The zero-order valence-electron chi connectivity index (χ0n) is 17.9. The molecule has 3 aromatic rings. The Morgan fingerprint density at radius 2 is 1.61 bits per heavy atom. The van der Waals surface area contributed by atoms with Crippen molar-refractivity contribution in [1.82, 2.24) is 0 Å². The first-order chi connectivity index (χ1) is 15.7. The van der Waals surface area contributed by atoms with Crippen LogP contribution < -0.4 is 4.74 Å². The van der Waals surface area contributed by atoms with Crippen LogP contribution in [0.15, 0.2) is 66.7 Å². The van der Waals surface area contributed by atoms with Gasteiger partial charge in [0.25, 0.3) is 0 Å². The summed E-state index contributed by atoms with van der Waals surface area (Å²) in [6, 6.07) is 17.1. The summed E-state index contributed by atoms with van der Waals surface area (Å²) >= 11 is 0. The van der Waals surface area contributed by atoms with Gasteiger partial charge < -0.3 is 14.6 Å². The summed E-state index contributed by atoms with van der Waals surface area (Å²) in [4.78, 5) is 23.3. The van der Waals surface area contributed by atoms with Crippen LogP contribution in [-0.4, -0.2) is 17.4 Å². The number of aldehydes is 1. The average Bonchev–Trinajstić information content (AvgIpc) is 2.79. The van der Waals surface area contributed by atoms with E-state index in [0.29, 0.717) is 12.4 Å². The van der Waals surface area contributed by atoms with E-state index < -0.39 is 30.2 Å². The van der Waals surface area contributed by atoms with Crippen LogP contribution in [-0.2, 0) is 17.4 Å². The van der Waals surface area contributed by atoms with Gasteiger partial charge in [0.15, 0.2) is 0 Å². The number of halogens is 3. The highest BCUT2D eigenvalue weighted by Gasteiger charge is 2.32. The lowest BCUT2D eigenvalue weighted by Crippen LogP contribution is -2.13. The van der Waals surface area contributed by atoms with E-state index in [-0.39, 0.29) is 16.9 Å². The minimum absolute atomic E-state index is 0.192. The highest BCUT2D eigenvalue weighted by molar-refractivity contribution is 5.91. The third-order valence-electron chi connectivity index (χ3n) is 5.16. The molecule has 7 heteroatoms. The number of benzene rings is 3. The van der Waals surface area contributed by atoms with E-state index in [1.807, 2.05) is 12.1 Å². The summed E-state index contributed by atoms with van der Waals surface area (Å²) in [5.74, 6) is -1.03. The molecule has 0 aliphatic carbocycles. The summed E-state index contributed by atoms with van der Waals surface area (Å²) in [5, 5.41) is 10.1. The molecule has 0 saturated heterocycles. The Kier molecular flexibility index (Phi) is 7.66. The minimum Gasteiger partial charge on any atom is -0.423 e. The molecule has 0 heterocycles. The maximum absolute atomic E-state index is 13.1. The van der Waals surface area contributed by atoms with Gasteiger partial charge in [-0.25, -0.2) is 4.79 Å². The standard InChI is InChI=1S/C26H23F3O4/c1-2-3-17-4-6-18(7-5-17)19-8-10-20(11-9-19)25(32)33-24-13-12-21(26(27,28)29)16-22(24)23(31)14-15-30/h4-13,15-16,23,31H,2-3,14H2,1H3. The zero-order chi connectivity index (χ0) is 24.0. The predicted molar refractivity (Wildman–Crippen MR) is 118 cm³/mol. The number of hydrogen-bond donors (Lipinski definition) is 1. The third kappa shape index (κ3) is 6.08. The lowest BCUT2D eigenvalue weighted by Gasteiger charge is -2.16. The molecule has 4 nitrogen and oxygen atoms in total. The average molecular weight is 456 g/mol. The highest BCUT2D eigenvalue weighted by Crippen LogP contribution is 2.36. The largest absolute Gasteiger partial charge is 0.423 e. The van der Waals surface area contributed by atoms with Crippen LogP contribution in [0.1, 0.15) is 52.9 Å². The van der Waals surface area contributed by atoms with Crippen LogP contribution in [0.3, 0.4) is 0 Å². The Hall–Kier alpha value is -3.45. The normalized spacial score (nSPS) is 12.3. The van der Waals surface area contributed by atoms with Crippen LogP contribution in [0.2, 0.25) is 0 Å². The number of esters is 1. The van der Waals surface area contributed by atoms with E-state index in [1.54, 1.807) is 24.3 Å². The van der Waals surface area contributed by atoms with E-state index >= 15 is 0 Å². The van der Waals surface area contributed by atoms with Gasteiger partial charge in [-0.15, -0.1) is 0 Å². The number of alkyl halides is 3. The Balaban J connectivity index is 1.81. The summed E-state index contributed by atoms with van der Waals surface area (Å²) in [5.41, 5.74) is 2.01. The number of ether oxygens (including phenoxy) is 1. The molecule has 1 atom stereocenters. The summed E-state index contributed by atoms with van der Waals surface area (Å²) in [7, 11) is 0. The van der Waals surface area contributed by atoms with Crippen LogP contribution in [0.4, 0.5) is 13.2 Å². The van der Waals surface area contributed by atoms with E-state index in [0.717, 1.165) is 36.1 Å². The van der Waals surface area contributed by atoms with Crippen molar-refractivity contribution >= 4 is 12.3 Å². The van der Waals surface area contributed by atoms with Crippen LogP contribution >= 0.6 is 0 Å². The SMILES string of the molecule is CCCc1ccc(-c2ccc(C(=O)Oc3ccc(C(F)(F)F)cc3C(O)CC=O)cc2)cc1. The fourth-order valence-electron chi connectivity index (χ4n) is 3.41. The number of hydrogen-bond acceptors (Lipinski definition) is 4. The van der Waals surface area contributed by atoms with E-state index in [4.69, 9.17) is 4.74 Å². The Morgan fingerprint density at radius 3 is 2.15 bits per heavy atom. The maximum Gasteiger partial charge on any atom is 0.416 e. The molecule has 0 fully saturated rings. The molecule has 0 aliphatic rings. The number of carbonyl (C=O) groups excluding carboxylic acids is 2. The summed E-state index contributed by atoms with van der Waals surface area (Å²) in [6.07, 6.45) is -4.18. The highest BCUT2D eigenvalue weighted by atomic mass is 19.4. The van der Waals surface area contributed by atoms with Crippen molar-refractivity contribution in [2.45, 2.75) is 38.5 Å². The molecular formula is C26H23F3O4. The number of aliphatic hydroxyl groups excluding tert-OH is 1. The second-order valence-corrected chi connectivity index (χ2v) is 7.58. The van der Waals surface area contributed by atoms with Crippen LogP contribution in [0.25, 0.3) is 11.1 Å². The van der Waals surface area contributed by atoms with Crippen molar-refractivity contribution < 1.29 is 32.6 Å². The van der Waals surface area contributed by atoms with Gasteiger partial charge >= 0.3 is 12.1 Å². The molecule has 3 rings (SSSR count). The predicted octanol–water partition coefficient (Wildman–Crippen LogP) is 6.17. The first-order valence-corrected chi connectivity index (χ1v) is 10.5. The molecule has 1 unspecified atom stereocenters. The molecule has 172 valence electrons. The van der Waals surface area contributed by atoms with Gasteiger partial charge in [-0.1, -0.05) is 49.7 Å². The molecule has 0 aliphatic heterocycles. The van der Waals surface area contributed by atoms with Crippen LogP contribution in [0, 0.1) is 0 Å². The number of rotatable bonds is 8. The Morgan fingerprint density at radius 1 is 1.00 bits per heavy atom. The summed E-state index contributed by atoms with van der Waals surface area (Å²) < 4.78 is 44.4. The lowest BCUT2D eigenvalue weighted by atomic mass is 10.0. The van der Waals surface area contributed by atoms with Crippen molar-refractivity contribution in [3.63, 3.8) is 0 Å². The Labute approximate surface area is 189 Å². The number of aryl methyl sites for hydroxylation is 1. The van der Waals surface area contributed by atoms with Gasteiger partial charge in [-0.2, -0.15) is 13.2 Å². The number of aliphatic hydroxyl groups is 1. The molecule has 0 spiro atoms. The van der Waals surface area contributed by atoms with E-state index in [2.05, 4.69) is 19.1 Å². The molecule has 0 saturated carbocycles. The van der Waals surface area contributed by atoms with Crippen molar-refractivity contribution in [3.8, 4) is 16.9 Å². The molecule has 33 heavy (non-hydrogen) atoms. The molecule has 3 aromatic carbocycles. The maximum atomic E-state index is 13.1. The molecular weight excluding hydrogens is 433 g/mol. The van der Waals surface area contributed by atoms with Gasteiger partial charge in [-0.3, -0.25) is 0 Å². The molecule has 0 aromatic heterocycles. The second-order valence-electron chi connectivity index (χ2n) is 7.58. The molecule has 0 bridgehead atoms. The van der Waals surface area contributed by atoms with Gasteiger partial charge in [-0.05, 0) is 53.4 Å². The van der Waals surface area contributed by atoms with E-state index in [9.17, 15) is 27.9 Å². The monoisotopic (exact) mass is 456 g/mol. The molecule has 0 amide bonds. The number of carbonyl (C=O) groups is 2.